The molecule has 0 unspecified atom stereocenters. The zero-order valence-electron chi connectivity index (χ0n) is 11.4. The number of rotatable bonds is 4. The van der Waals surface area contributed by atoms with Crippen LogP contribution in [0.4, 0.5) is 5.69 Å². The Bertz CT molecular complexity index is 394. The van der Waals surface area contributed by atoms with Gasteiger partial charge in [0, 0.05) is 12.2 Å². The van der Waals surface area contributed by atoms with E-state index in [1.807, 2.05) is 24.3 Å². The van der Waals surface area contributed by atoms with Crippen LogP contribution in [0.25, 0.3) is 0 Å². The van der Waals surface area contributed by atoms with Crippen molar-refractivity contribution in [1.82, 2.24) is 4.90 Å². The number of carbonyl (C=O) groups excluding carboxylic acids is 1. The summed E-state index contributed by atoms with van der Waals surface area (Å²) < 4.78 is 0. The van der Waals surface area contributed by atoms with Gasteiger partial charge in [-0.25, -0.2) is 0 Å². The minimum absolute atomic E-state index is 0.0717. The molecule has 1 amide bonds. The van der Waals surface area contributed by atoms with Crippen LogP contribution < -0.4 is 11.1 Å². The fourth-order valence-corrected chi connectivity index (χ4v) is 2.42. The van der Waals surface area contributed by atoms with Gasteiger partial charge in [0.1, 0.15) is 0 Å². The van der Waals surface area contributed by atoms with E-state index in [0.717, 1.165) is 24.3 Å². The number of carbonyl (C=O) groups is 1. The normalized spacial score (nSPS) is 16.9. The highest BCUT2D eigenvalue weighted by atomic mass is 16.2. The summed E-state index contributed by atoms with van der Waals surface area (Å²) >= 11 is 0. The molecule has 1 fully saturated rings. The van der Waals surface area contributed by atoms with Crippen molar-refractivity contribution >= 4 is 11.6 Å². The molecule has 1 aliphatic rings. The second kappa shape index (κ2) is 7.26. The van der Waals surface area contributed by atoms with Crippen molar-refractivity contribution in [3.05, 3.63) is 29.8 Å². The number of likely N-dealkylation sites (tertiary alicyclic amines) is 1. The Hall–Kier alpha value is -1.39. The zero-order valence-corrected chi connectivity index (χ0v) is 11.4. The van der Waals surface area contributed by atoms with Crippen molar-refractivity contribution in [3.8, 4) is 0 Å². The molecular weight excluding hydrogens is 238 g/mol. The number of nitrogens with zero attached hydrogens (tertiary/aromatic N) is 1. The van der Waals surface area contributed by atoms with Gasteiger partial charge in [-0.05, 0) is 43.6 Å². The van der Waals surface area contributed by atoms with E-state index in [2.05, 4.69) is 10.2 Å². The van der Waals surface area contributed by atoms with E-state index in [1.165, 1.54) is 25.7 Å². The molecule has 0 atom stereocenters. The third-order valence-electron chi connectivity index (χ3n) is 3.54. The largest absolute Gasteiger partial charge is 0.326 e. The molecule has 1 aromatic rings. The van der Waals surface area contributed by atoms with Crippen LogP contribution in [-0.4, -0.2) is 30.4 Å². The molecule has 19 heavy (non-hydrogen) atoms. The molecule has 2 rings (SSSR count). The topological polar surface area (TPSA) is 58.4 Å². The van der Waals surface area contributed by atoms with Gasteiger partial charge in [-0.15, -0.1) is 0 Å². The van der Waals surface area contributed by atoms with Crippen LogP contribution in [0.2, 0.25) is 0 Å². The highest BCUT2D eigenvalue weighted by molar-refractivity contribution is 5.92. The minimum atomic E-state index is 0.0717. The fraction of sp³-hybridized carbons (Fsp3) is 0.533. The second-order valence-corrected chi connectivity index (χ2v) is 5.14. The SMILES string of the molecule is NCc1ccc(NC(=O)CN2CCCCCC2)cc1. The summed E-state index contributed by atoms with van der Waals surface area (Å²) in [5, 5.41) is 2.94. The van der Waals surface area contributed by atoms with E-state index < -0.39 is 0 Å². The van der Waals surface area contributed by atoms with Gasteiger partial charge in [0.05, 0.1) is 6.54 Å². The summed E-state index contributed by atoms with van der Waals surface area (Å²) in [6.45, 7) is 3.11. The monoisotopic (exact) mass is 261 g/mol. The molecule has 4 heteroatoms. The first-order chi connectivity index (χ1) is 9.28. The van der Waals surface area contributed by atoms with E-state index in [9.17, 15) is 4.79 Å². The quantitative estimate of drug-likeness (QED) is 0.871. The molecule has 1 aromatic carbocycles. The second-order valence-electron chi connectivity index (χ2n) is 5.14. The standard InChI is InChI=1S/C15H23N3O/c16-11-13-5-7-14(8-6-13)17-15(19)12-18-9-3-1-2-4-10-18/h5-8H,1-4,9-12,16H2,(H,17,19). The highest BCUT2D eigenvalue weighted by Crippen LogP contribution is 2.11. The first-order valence-electron chi connectivity index (χ1n) is 7.09. The summed E-state index contributed by atoms with van der Waals surface area (Å²) in [5.41, 5.74) is 7.46. The van der Waals surface area contributed by atoms with Gasteiger partial charge >= 0.3 is 0 Å². The summed E-state index contributed by atoms with van der Waals surface area (Å²) in [6.07, 6.45) is 4.99. The van der Waals surface area contributed by atoms with Crippen molar-refractivity contribution in [1.29, 1.82) is 0 Å². The van der Waals surface area contributed by atoms with Crippen LogP contribution in [-0.2, 0) is 11.3 Å². The van der Waals surface area contributed by atoms with E-state index in [0.29, 0.717) is 13.1 Å². The molecule has 1 heterocycles. The van der Waals surface area contributed by atoms with Crippen molar-refractivity contribution in [3.63, 3.8) is 0 Å². The predicted molar refractivity (Wildman–Crippen MR) is 77.9 cm³/mol. The van der Waals surface area contributed by atoms with E-state index in [4.69, 9.17) is 5.73 Å². The Morgan fingerprint density at radius 3 is 2.32 bits per heavy atom. The zero-order chi connectivity index (χ0) is 13.5. The van der Waals surface area contributed by atoms with Crippen LogP contribution in [0.1, 0.15) is 31.2 Å². The number of amides is 1. The number of nitrogens with two attached hydrogens (primary N) is 1. The minimum Gasteiger partial charge on any atom is -0.326 e. The van der Waals surface area contributed by atoms with Crippen LogP contribution in [0.15, 0.2) is 24.3 Å². The lowest BCUT2D eigenvalue weighted by atomic mass is 10.2. The molecule has 1 saturated heterocycles. The molecular formula is C15H23N3O. The predicted octanol–water partition coefficient (Wildman–Crippen LogP) is 1.96. The van der Waals surface area contributed by atoms with Gasteiger partial charge in [-0.1, -0.05) is 25.0 Å². The Morgan fingerprint density at radius 2 is 1.74 bits per heavy atom. The molecule has 4 nitrogen and oxygen atoms in total. The first-order valence-corrected chi connectivity index (χ1v) is 7.09. The third-order valence-corrected chi connectivity index (χ3v) is 3.54. The number of hydrogen-bond acceptors (Lipinski definition) is 3. The Kier molecular flexibility index (Phi) is 5.36. The lowest BCUT2D eigenvalue weighted by Gasteiger charge is -2.19. The van der Waals surface area contributed by atoms with Gasteiger partial charge in [0.25, 0.3) is 0 Å². The Balaban J connectivity index is 1.82. The highest BCUT2D eigenvalue weighted by Gasteiger charge is 2.12. The van der Waals surface area contributed by atoms with Crippen LogP contribution in [0.3, 0.4) is 0 Å². The van der Waals surface area contributed by atoms with Gasteiger partial charge in [-0.2, -0.15) is 0 Å². The Labute approximate surface area is 115 Å². The van der Waals surface area contributed by atoms with E-state index in [1.54, 1.807) is 0 Å². The number of hydrogen-bond donors (Lipinski definition) is 2. The lowest BCUT2D eigenvalue weighted by Crippen LogP contribution is -2.33. The average molecular weight is 261 g/mol. The van der Waals surface area contributed by atoms with Crippen molar-refractivity contribution in [2.45, 2.75) is 32.2 Å². The maximum absolute atomic E-state index is 12.0. The molecule has 3 N–H and O–H groups in total. The average Bonchev–Trinajstić information content (AvgIpc) is 2.68. The number of benzene rings is 1. The van der Waals surface area contributed by atoms with Crippen LogP contribution in [0.5, 0.6) is 0 Å². The maximum Gasteiger partial charge on any atom is 0.238 e. The summed E-state index contributed by atoms with van der Waals surface area (Å²) in [4.78, 5) is 14.2. The van der Waals surface area contributed by atoms with Crippen molar-refractivity contribution in [2.75, 3.05) is 25.0 Å². The molecule has 0 saturated carbocycles. The summed E-state index contributed by atoms with van der Waals surface area (Å²) in [7, 11) is 0. The number of nitrogens with one attached hydrogen (secondary N) is 1. The molecule has 1 aliphatic heterocycles. The molecule has 0 aliphatic carbocycles. The van der Waals surface area contributed by atoms with Gasteiger partial charge in [-0.3, -0.25) is 9.69 Å². The van der Waals surface area contributed by atoms with E-state index in [-0.39, 0.29) is 5.91 Å². The van der Waals surface area contributed by atoms with Crippen molar-refractivity contribution in [2.24, 2.45) is 5.73 Å². The Morgan fingerprint density at radius 1 is 1.11 bits per heavy atom. The van der Waals surface area contributed by atoms with Crippen LogP contribution >= 0.6 is 0 Å². The molecule has 0 spiro atoms. The maximum atomic E-state index is 12.0. The molecule has 0 aromatic heterocycles. The summed E-state index contributed by atoms with van der Waals surface area (Å²) in [6, 6.07) is 7.70. The van der Waals surface area contributed by atoms with Gasteiger partial charge < -0.3 is 11.1 Å². The van der Waals surface area contributed by atoms with Gasteiger partial charge in [0.2, 0.25) is 5.91 Å². The summed E-state index contributed by atoms with van der Waals surface area (Å²) in [5.74, 6) is 0.0717. The lowest BCUT2D eigenvalue weighted by molar-refractivity contribution is -0.117. The number of anilines is 1. The van der Waals surface area contributed by atoms with Crippen LogP contribution in [0, 0.1) is 0 Å². The molecule has 104 valence electrons. The van der Waals surface area contributed by atoms with E-state index >= 15 is 0 Å². The molecule has 0 bridgehead atoms. The van der Waals surface area contributed by atoms with Crippen molar-refractivity contribution < 1.29 is 4.79 Å². The molecule has 0 radical (unpaired) electrons. The van der Waals surface area contributed by atoms with Gasteiger partial charge in [0.15, 0.2) is 0 Å². The smallest absolute Gasteiger partial charge is 0.238 e. The fourth-order valence-electron chi connectivity index (χ4n) is 2.42. The third kappa shape index (κ3) is 4.65. The first kappa shape index (κ1) is 14.0.